The topological polar surface area (TPSA) is 123 Å². The smallest absolute Gasteiger partial charge is 0.260 e. The van der Waals surface area contributed by atoms with Gasteiger partial charge in [0, 0.05) is 18.9 Å². The lowest BCUT2D eigenvalue weighted by Gasteiger charge is -2.31. The molecule has 1 amide bonds. The number of nitrogens with zero attached hydrogens (tertiary/aromatic N) is 2. The first-order chi connectivity index (χ1) is 13.4. The summed E-state index contributed by atoms with van der Waals surface area (Å²) in [7, 11) is -2.20. The molecule has 1 aliphatic heterocycles. The summed E-state index contributed by atoms with van der Waals surface area (Å²) in [4.78, 5) is 16.0. The third-order valence-corrected chi connectivity index (χ3v) is 5.50. The van der Waals surface area contributed by atoms with Crippen molar-refractivity contribution in [2.24, 2.45) is 7.05 Å². The van der Waals surface area contributed by atoms with Crippen molar-refractivity contribution in [3.8, 4) is 0 Å². The number of para-hydroxylation sites is 1. The van der Waals surface area contributed by atoms with Crippen molar-refractivity contribution in [3.05, 3.63) is 55.0 Å². The molecule has 1 aromatic heterocycles. The number of carbonyl (C=O) groups is 1. The number of hydrogen-bond donors (Lipinski definition) is 3. The second kappa shape index (κ2) is 8.65. The van der Waals surface area contributed by atoms with Gasteiger partial charge in [0.05, 0.1) is 31.5 Å². The van der Waals surface area contributed by atoms with Crippen molar-refractivity contribution in [2.75, 3.05) is 11.9 Å². The summed E-state index contributed by atoms with van der Waals surface area (Å²) >= 11 is 0. The van der Waals surface area contributed by atoms with Crippen LogP contribution in [-0.4, -0.2) is 53.8 Å². The van der Waals surface area contributed by atoms with Gasteiger partial charge in [-0.1, -0.05) is 30.4 Å². The molecule has 150 valence electrons. The Morgan fingerprint density at radius 3 is 2.68 bits per heavy atom. The molecular formula is C18H22N4O5S. The molecule has 10 heteroatoms. The number of carbonyl (C=O) groups excluding carboxylic acids is 1. The van der Waals surface area contributed by atoms with E-state index in [0.29, 0.717) is 5.69 Å². The Morgan fingerprint density at radius 2 is 2.04 bits per heavy atom. The summed E-state index contributed by atoms with van der Waals surface area (Å²) in [5, 5.41) is 12.2. The average Bonchev–Trinajstić information content (AvgIpc) is 3.11. The molecule has 9 nitrogen and oxygen atoms in total. The summed E-state index contributed by atoms with van der Waals surface area (Å²) in [5.41, 5.74) is 0.673. The quantitative estimate of drug-likeness (QED) is 0.573. The van der Waals surface area contributed by atoms with E-state index in [0.717, 1.165) is 0 Å². The van der Waals surface area contributed by atoms with Crippen molar-refractivity contribution in [2.45, 2.75) is 29.7 Å². The average molecular weight is 406 g/mol. The number of amides is 1. The van der Waals surface area contributed by atoms with Gasteiger partial charge in [-0.3, -0.25) is 4.79 Å². The van der Waals surface area contributed by atoms with E-state index >= 15 is 0 Å². The third-order valence-electron chi connectivity index (χ3n) is 4.16. The van der Waals surface area contributed by atoms with Crippen LogP contribution < -0.4 is 10.0 Å². The van der Waals surface area contributed by atoms with Crippen LogP contribution in [0.1, 0.15) is 6.42 Å². The number of nitrogens with one attached hydrogen (secondary N) is 2. The first-order valence-corrected chi connectivity index (χ1v) is 10.2. The Morgan fingerprint density at radius 1 is 1.29 bits per heavy atom. The highest BCUT2D eigenvalue weighted by molar-refractivity contribution is 7.89. The summed E-state index contributed by atoms with van der Waals surface area (Å²) < 4.78 is 34.5. The van der Waals surface area contributed by atoms with Crippen molar-refractivity contribution in [1.29, 1.82) is 0 Å². The lowest BCUT2D eigenvalue weighted by atomic mass is 10.1. The van der Waals surface area contributed by atoms with E-state index in [9.17, 15) is 18.3 Å². The zero-order valence-corrected chi connectivity index (χ0v) is 16.0. The predicted octanol–water partition coefficient (Wildman–Crippen LogP) is 0.412. The Kier molecular flexibility index (Phi) is 6.25. The molecule has 1 aromatic carbocycles. The van der Waals surface area contributed by atoms with Crippen molar-refractivity contribution in [3.63, 3.8) is 0 Å². The van der Waals surface area contributed by atoms with Crippen LogP contribution in [0, 0.1) is 0 Å². The number of aromatic nitrogens is 2. The molecule has 0 unspecified atom stereocenters. The van der Waals surface area contributed by atoms with Gasteiger partial charge >= 0.3 is 0 Å². The third kappa shape index (κ3) is 5.04. The van der Waals surface area contributed by atoms with Gasteiger partial charge in [-0.15, -0.1) is 0 Å². The number of aliphatic hydroxyl groups is 1. The monoisotopic (exact) mass is 406 g/mol. The van der Waals surface area contributed by atoms with Gasteiger partial charge in [-0.25, -0.2) is 18.1 Å². The van der Waals surface area contributed by atoms with Gasteiger partial charge in [-0.05, 0) is 12.1 Å². The fourth-order valence-corrected chi connectivity index (χ4v) is 3.99. The van der Waals surface area contributed by atoms with Gasteiger partial charge in [0.15, 0.2) is 5.03 Å². The van der Waals surface area contributed by atoms with Crippen LogP contribution in [0.4, 0.5) is 5.69 Å². The summed E-state index contributed by atoms with van der Waals surface area (Å²) in [6, 6.07) is 8.24. The largest absolute Gasteiger partial charge is 0.394 e. The van der Waals surface area contributed by atoms with Gasteiger partial charge in [-0.2, -0.15) is 0 Å². The lowest BCUT2D eigenvalue weighted by molar-refractivity contribution is -0.120. The second-order valence-electron chi connectivity index (χ2n) is 6.42. The van der Waals surface area contributed by atoms with Crippen LogP contribution in [0.3, 0.4) is 0 Å². The van der Waals surface area contributed by atoms with Crippen LogP contribution >= 0.6 is 0 Å². The number of hydrogen-bond acceptors (Lipinski definition) is 6. The van der Waals surface area contributed by atoms with E-state index < -0.39 is 34.9 Å². The van der Waals surface area contributed by atoms with Crippen molar-refractivity contribution >= 4 is 21.6 Å². The highest BCUT2D eigenvalue weighted by Crippen LogP contribution is 2.18. The highest BCUT2D eigenvalue weighted by Gasteiger charge is 2.32. The van der Waals surface area contributed by atoms with Crippen LogP contribution in [0.15, 0.2) is 60.0 Å². The molecule has 0 saturated heterocycles. The fourth-order valence-electron chi connectivity index (χ4n) is 2.79. The lowest BCUT2D eigenvalue weighted by Crippen LogP contribution is -2.48. The number of sulfonamides is 1. The van der Waals surface area contributed by atoms with E-state index in [-0.39, 0.29) is 17.4 Å². The minimum Gasteiger partial charge on any atom is -0.394 e. The number of aliphatic hydroxyl groups excluding tert-OH is 1. The zero-order valence-electron chi connectivity index (χ0n) is 15.2. The van der Waals surface area contributed by atoms with Crippen molar-refractivity contribution in [1.82, 2.24) is 14.3 Å². The van der Waals surface area contributed by atoms with E-state index in [1.807, 2.05) is 18.2 Å². The molecule has 0 bridgehead atoms. The maximum absolute atomic E-state index is 12.4. The number of anilines is 1. The molecular weight excluding hydrogens is 384 g/mol. The molecule has 0 saturated carbocycles. The zero-order chi connectivity index (χ0) is 20.1. The number of ether oxygens (including phenoxy) is 1. The summed E-state index contributed by atoms with van der Waals surface area (Å²) in [6.07, 6.45) is 4.61. The number of imidazole rings is 1. The minimum absolute atomic E-state index is 0.0433. The molecule has 0 spiro atoms. The van der Waals surface area contributed by atoms with Gasteiger partial charge in [0.1, 0.15) is 6.10 Å². The van der Waals surface area contributed by atoms with Crippen LogP contribution in [0.2, 0.25) is 0 Å². The molecule has 1 aliphatic rings. The molecule has 2 aromatic rings. The number of benzene rings is 1. The fraction of sp³-hybridized carbons (Fsp3) is 0.333. The first-order valence-electron chi connectivity index (χ1n) is 8.67. The van der Waals surface area contributed by atoms with Gasteiger partial charge < -0.3 is 19.7 Å². The normalized spacial score (nSPS) is 22.1. The molecule has 3 rings (SSSR count). The standard InChI is InChI=1S/C18H22N4O5S/c1-22-10-18(19-12-22)28(25,26)21-15-8-7-14(27-16(15)11-23)9-17(24)20-13-5-3-2-4-6-13/h2-8,10,12,14-16,21,23H,9,11H2,1H3,(H,20,24)/t14-,15-,16-/m0/s1. The predicted molar refractivity (Wildman–Crippen MR) is 102 cm³/mol. The van der Waals surface area contributed by atoms with Crippen molar-refractivity contribution < 1.29 is 23.1 Å². The Balaban J connectivity index is 1.62. The molecule has 3 atom stereocenters. The summed E-state index contributed by atoms with van der Waals surface area (Å²) in [6.45, 7) is -0.406. The van der Waals surface area contributed by atoms with E-state index in [1.165, 1.54) is 17.1 Å². The SMILES string of the molecule is Cn1cnc(S(=O)(=O)N[C@H]2C=C[C@@H](CC(=O)Nc3ccccc3)O[C@H]2CO)c1. The Hall–Kier alpha value is -2.53. The second-order valence-corrected chi connectivity index (χ2v) is 8.08. The van der Waals surface area contributed by atoms with E-state index in [4.69, 9.17) is 4.74 Å². The molecule has 2 heterocycles. The molecule has 3 N–H and O–H groups in total. The van der Waals surface area contributed by atoms with E-state index in [1.54, 1.807) is 31.3 Å². The molecule has 28 heavy (non-hydrogen) atoms. The minimum atomic E-state index is -3.87. The first kappa shape index (κ1) is 20.2. The van der Waals surface area contributed by atoms with Crippen LogP contribution in [0.5, 0.6) is 0 Å². The summed E-state index contributed by atoms with van der Waals surface area (Å²) in [5.74, 6) is -0.245. The van der Waals surface area contributed by atoms with Gasteiger partial charge in [0.2, 0.25) is 5.91 Å². The highest BCUT2D eigenvalue weighted by atomic mass is 32.2. The maximum Gasteiger partial charge on any atom is 0.260 e. The number of aryl methyl sites for hydroxylation is 1. The maximum atomic E-state index is 12.4. The number of rotatable bonds is 7. The van der Waals surface area contributed by atoms with Gasteiger partial charge in [0.25, 0.3) is 10.0 Å². The van der Waals surface area contributed by atoms with Crippen LogP contribution in [-0.2, 0) is 26.6 Å². The molecule has 0 aliphatic carbocycles. The Labute approximate surface area is 163 Å². The van der Waals surface area contributed by atoms with E-state index in [2.05, 4.69) is 15.0 Å². The molecule has 0 radical (unpaired) electrons. The van der Waals surface area contributed by atoms with Crippen LogP contribution in [0.25, 0.3) is 0 Å². The molecule has 0 fully saturated rings. The Bertz CT molecular complexity index is 942.